The minimum absolute atomic E-state index is 0. The zero-order valence-electron chi connectivity index (χ0n) is 21.7. The number of anilines is 1. The lowest BCUT2D eigenvalue weighted by Crippen LogP contribution is -2.50. The molecule has 4 aromatic rings. The van der Waals surface area contributed by atoms with Crippen molar-refractivity contribution in [3.8, 4) is 21.8 Å². The summed E-state index contributed by atoms with van der Waals surface area (Å²) < 4.78 is 1.74. The van der Waals surface area contributed by atoms with E-state index in [4.69, 9.17) is 9.97 Å². The van der Waals surface area contributed by atoms with Gasteiger partial charge in [-0.05, 0) is 62.5 Å². The van der Waals surface area contributed by atoms with Crippen LogP contribution in [0.25, 0.3) is 27.5 Å². The van der Waals surface area contributed by atoms with Crippen LogP contribution in [0.15, 0.2) is 48.1 Å². The van der Waals surface area contributed by atoms with Crippen LogP contribution >= 0.6 is 11.3 Å². The molecule has 0 spiro atoms. The third kappa shape index (κ3) is 5.50. The average molecular weight is 535 g/mol. The monoisotopic (exact) mass is 534 g/mol. The molecule has 1 saturated heterocycles. The van der Waals surface area contributed by atoms with Gasteiger partial charge in [-0.1, -0.05) is 27.3 Å². The fourth-order valence-electron chi connectivity index (χ4n) is 5.02. The Morgan fingerprint density at radius 2 is 2.03 bits per heavy atom. The SMILES string of the molecule is C.CCN(CC)[C@@H](C)CCC(=O)c1cc(-c2cnn3ccc(-c4cccs4)nc23)nc(N2CC[C@@H]2CO)c1. The van der Waals surface area contributed by atoms with Crippen LogP contribution in [0.3, 0.4) is 0 Å². The van der Waals surface area contributed by atoms with Crippen molar-refractivity contribution in [1.29, 1.82) is 0 Å². The highest BCUT2D eigenvalue weighted by atomic mass is 32.1. The molecular weight excluding hydrogens is 496 g/mol. The van der Waals surface area contributed by atoms with Crippen LogP contribution in [0.2, 0.25) is 0 Å². The number of aliphatic hydroxyl groups excluding tert-OH is 1. The van der Waals surface area contributed by atoms with Gasteiger partial charge in [0, 0.05) is 30.8 Å². The lowest BCUT2D eigenvalue weighted by Gasteiger charge is -2.41. The van der Waals surface area contributed by atoms with Crippen molar-refractivity contribution >= 4 is 28.6 Å². The molecule has 9 heteroatoms. The molecule has 8 nitrogen and oxygen atoms in total. The zero-order chi connectivity index (χ0) is 25.9. The fourth-order valence-corrected chi connectivity index (χ4v) is 5.71. The van der Waals surface area contributed by atoms with E-state index < -0.39 is 0 Å². The lowest BCUT2D eigenvalue weighted by molar-refractivity contribution is 0.0964. The zero-order valence-corrected chi connectivity index (χ0v) is 22.5. The number of aliphatic hydroxyl groups is 1. The number of Topliss-reactive ketones (excluding diaryl/α,β-unsaturated/α-hetero) is 1. The van der Waals surface area contributed by atoms with Gasteiger partial charge in [-0.2, -0.15) is 5.10 Å². The second-order valence-electron chi connectivity index (χ2n) is 9.57. The number of fused-ring (bicyclic) bond motifs is 1. The van der Waals surface area contributed by atoms with Gasteiger partial charge >= 0.3 is 0 Å². The van der Waals surface area contributed by atoms with E-state index in [2.05, 4.69) is 35.7 Å². The molecule has 1 fully saturated rings. The summed E-state index contributed by atoms with van der Waals surface area (Å²) in [6.45, 7) is 9.32. The Labute approximate surface area is 229 Å². The normalized spacial score (nSPS) is 15.9. The summed E-state index contributed by atoms with van der Waals surface area (Å²) in [6, 6.07) is 10.1. The smallest absolute Gasteiger partial charge is 0.165 e. The first-order chi connectivity index (χ1) is 18.0. The number of nitrogens with zero attached hydrogens (tertiary/aromatic N) is 6. The second-order valence-corrected chi connectivity index (χ2v) is 10.5. The Morgan fingerprint density at radius 1 is 1.21 bits per heavy atom. The highest BCUT2D eigenvalue weighted by molar-refractivity contribution is 7.13. The van der Waals surface area contributed by atoms with E-state index >= 15 is 0 Å². The molecule has 0 aliphatic carbocycles. The minimum Gasteiger partial charge on any atom is -0.394 e. The van der Waals surface area contributed by atoms with Crippen molar-refractivity contribution in [1.82, 2.24) is 24.5 Å². The third-order valence-corrected chi connectivity index (χ3v) is 8.32. The van der Waals surface area contributed by atoms with Crippen molar-refractivity contribution in [3.05, 3.63) is 53.7 Å². The first-order valence-electron chi connectivity index (χ1n) is 13.1. The van der Waals surface area contributed by atoms with E-state index in [1.54, 1.807) is 22.0 Å². The van der Waals surface area contributed by atoms with E-state index in [9.17, 15) is 9.90 Å². The Balaban J connectivity index is 0.00000336. The van der Waals surface area contributed by atoms with E-state index in [1.807, 2.05) is 41.9 Å². The van der Waals surface area contributed by atoms with Crippen LogP contribution in [0.1, 0.15) is 57.8 Å². The molecule has 1 N–H and O–H groups in total. The molecule has 0 bridgehead atoms. The van der Waals surface area contributed by atoms with E-state index in [0.29, 0.717) is 29.4 Å². The summed E-state index contributed by atoms with van der Waals surface area (Å²) in [6.07, 6.45) is 5.86. The van der Waals surface area contributed by atoms with Gasteiger partial charge in [-0.3, -0.25) is 4.79 Å². The molecule has 0 unspecified atom stereocenters. The summed E-state index contributed by atoms with van der Waals surface area (Å²) in [5.41, 5.74) is 3.68. The quantitative estimate of drug-likeness (QED) is 0.257. The van der Waals surface area contributed by atoms with Gasteiger partial charge in [-0.25, -0.2) is 14.5 Å². The predicted molar refractivity (Wildman–Crippen MR) is 155 cm³/mol. The minimum atomic E-state index is 0. The maximum absolute atomic E-state index is 13.4. The fraction of sp³-hybridized carbons (Fsp3) is 0.448. The summed E-state index contributed by atoms with van der Waals surface area (Å²) in [7, 11) is 0. The number of carbonyl (C=O) groups is 1. The second kappa shape index (κ2) is 12.1. The topological polar surface area (TPSA) is 86.9 Å². The van der Waals surface area contributed by atoms with Gasteiger partial charge < -0.3 is 14.9 Å². The van der Waals surface area contributed by atoms with E-state index in [-0.39, 0.29) is 25.9 Å². The van der Waals surface area contributed by atoms with Crippen LogP contribution in [0, 0.1) is 0 Å². The molecule has 0 amide bonds. The maximum atomic E-state index is 13.4. The lowest BCUT2D eigenvalue weighted by atomic mass is 10.00. The molecule has 5 rings (SSSR count). The summed E-state index contributed by atoms with van der Waals surface area (Å²) in [5.74, 6) is 0.824. The predicted octanol–water partition coefficient (Wildman–Crippen LogP) is 5.42. The standard InChI is InChI=1S/C28H34N6O2S.CH4/c1-4-32(5-2)19(3)8-9-25(36)20-15-24(30-27(16-20)33-12-10-21(33)18-35)22-17-29-34-13-11-23(31-28(22)34)26-7-6-14-37-26;/h6-7,11,13-17,19,21,35H,4-5,8-10,12,18H2,1-3H3;1H4/t19-,21+;/m0./s1. The summed E-state index contributed by atoms with van der Waals surface area (Å²) in [4.78, 5) is 28.8. The molecule has 4 aromatic heterocycles. The molecule has 1 aliphatic heterocycles. The van der Waals surface area contributed by atoms with Crippen molar-refractivity contribution < 1.29 is 9.90 Å². The number of aromatic nitrogens is 4. The first kappa shape index (κ1) is 27.9. The Kier molecular flexibility index (Phi) is 8.91. The van der Waals surface area contributed by atoms with Gasteiger partial charge in [0.05, 0.1) is 40.7 Å². The number of carbonyl (C=O) groups excluding carboxylic acids is 1. The third-order valence-electron chi connectivity index (χ3n) is 7.43. The number of pyridine rings is 1. The van der Waals surface area contributed by atoms with Crippen molar-refractivity contribution in [2.45, 2.75) is 59.5 Å². The Hall–Kier alpha value is -3.14. The Bertz CT molecular complexity index is 1360. The van der Waals surface area contributed by atoms with Crippen LogP contribution in [-0.2, 0) is 0 Å². The molecular formula is C29H38N6O2S. The number of hydrogen-bond donors (Lipinski definition) is 1. The van der Waals surface area contributed by atoms with Gasteiger partial charge in [0.2, 0.25) is 0 Å². The van der Waals surface area contributed by atoms with Gasteiger partial charge in [0.25, 0.3) is 0 Å². The molecule has 0 saturated carbocycles. The molecule has 202 valence electrons. The Morgan fingerprint density at radius 3 is 2.68 bits per heavy atom. The number of rotatable bonds is 11. The first-order valence-corrected chi connectivity index (χ1v) is 14.0. The number of ketones is 1. The van der Waals surface area contributed by atoms with Gasteiger partial charge in [0.1, 0.15) is 5.82 Å². The number of thiophene rings is 1. The molecule has 2 atom stereocenters. The van der Waals surface area contributed by atoms with Crippen LogP contribution in [0.4, 0.5) is 5.82 Å². The van der Waals surface area contributed by atoms with Crippen LogP contribution in [0.5, 0.6) is 0 Å². The highest BCUT2D eigenvalue weighted by Crippen LogP contribution is 2.32. The molecule has 5 heterocycles. The average Bonchev–Trinajstić information content (AvgIpc) is 3.57. The molecule has 0 aromatic carbocycles. The molecule has 0 radical (unpaired) electrons. The van der Waals surface area contributed by atoms with Crippen LogP contribution < -0.4 is 4.90 Å². The summed E-state index contributed by atoms with van der Waals surface area (Å²) >= 11 is 1.64. The maximum Gasteiger partial charge on any atom is 0.165 e. The molecule has 1 aliphatic rings. The van der Waals surface area contributed by atoms with Crippen molar-refractivity contribution in [2.24, 2.45) is 0 Å². The van der Waals surface area contributed by atoms with Crippen molar-refractivity contribution in [2.75, 3.05) is 31.1 Å². The van der Waals surface area contributed by atoms with Crippen molar-refractivity contribution in [3.63, 3.8) is 0 Å². The molecule has 38 heavy (non-hydrogen) atoms. The highest BCUT2D eigenvalue weighted by Gasteiger charge is 2.29. The summed E-state index contributed by atoms with van der Waals surface area (Å²) in [5, 5.41) is 16.3. The van der Waals surface area contributed by atoms with Gasteiger partial charge in [-0.15, -0.1) is 11.3 Å². The van der Waals surface area contributed by atoms with Gasteiger partial charge in [0.15, 0.2) is 11.4 Å². The van der Waals surface area contributed by atoms with Crippen LogP contribution in [-0.4, -0.2) is 73.7 Å². The largest absolute Gasteiger partial charge is 0.394 e. The van der Waals surface area contributed by atoms with E-state index in [0.717, 1.165) is 54.4 Å². The van der Waals surface area contributed by atoms with E-state index in [1.165, 1.54) is 0 Å². The number of hydrogen-bond acceptors (Lipinski definition) is 8.